The third-order valence-corrected chi connectivity index (χ3v) is 12.8. The quantitative estimate of drug-likeness (QED) is 0.178. The highest BCUT2D eigenvalue weighted by Crippen LogP contribution is 2.38. The number of carbonyl (C=O) groups is 1. The molecule has 1 heterocycles. The molecule has 0 amide bonds. The van der Waals surface area contributed by atoms with Crippen molar-refractivity contribution >= 4 is 25.2 Å². The molecule has 0 fully saturated rings. The number of pyridine rings is 1. The van der Waals surface area contributed by atoms with Crippen LogP contribution in [0.3, 0.4) is 0 Å². The van der Waals surface area contributed by atoms with Crippen LogP contribution in [0.2, 0.25) is 18.1 Å². The van der Waals surface area contributed by atoms with E-state index in [9.17, 15) is 9.59 Å². The smallest absolute Gasteiger partial charge is 0.343 e. The second kappa shape index (κ2) is 12.7. The molecule has 0 N–H and O–H groups in total. The maximum atomic E-state index is 13.7. The van der Waals surface area contributed by atoms with Gasteiger partial charge in [-0.1, -0.05) is 64.4 Å². The van der Waals surface area contributed by atoms with Crippen molar-refractivity contribution < 1.29 is 18.7 Å². The number of fused-ring (bicyclic) bond motifs is 1. The predicted molar refractivity (Wildman–Crippen MR) is 166 cm³/mol. The molecule has 218 valence electrons. The Kier molecular flexibility index (Phi) is 10.1. The fourth-order valence-electron chi connectivity index (χ4n) is 4.57. The minimum atomic E-state index is -2.04. The van der Waals surface area contributed by atoms with E-state index < -0.39 is 14.3 Å². The molecule has 40 heavy (non-hydrogen) atoms. The molecule has 2 aromatic carbocycles. The highest BCUT2D eigenvalue weighted by Gasteiger charge is 2.38. The van der Waals surface area contributed by atoms with Gasteiger partial charge in [-0.25, -0.2) is 4.79 Å². The fraction of sp³-hybridized carbons (Fsp3) is 0.515. The van der Waals surface area contributed by atoms with Crippen molar-refractivity contribution in [2.45, 2.75) is 85.5 Å². The third-order valence-electron chi connectivity index (χ3n) is 8.28. The van der Waals surface area contributed by atoms with Gasteiger partial charge in [0.1, 0.15) is 11.3 Å². The standard InChI is InChI=1S/C33H47NO5Si/c1-11-38-32(36)27-20-34(29(22(2)3)21-39-40(9,10)33(5,6)7)28-19-30(37-8)25(18-26(28)31(27)35)17-16-24-14-12-23(4)13-15-24/h12-15,18-20,22,29H,11,16-17,21H2,1-10H3/t29-/m1/s1. The lowest BCUT2D eigenvalue weighted by molar-refractivity contribution is 0.0523. The molecule has 0 aliphatic heterocycles. The largest absolute Gasteiger partial charge is 0.496 e. The Balaban J connectivity index is 2.17. The van der Waals surface area contributed by atoms with Gasteiger partial charge in [0.15, 0.2) is 8.32 Å². The number of methoxy groups -OCH3 is 1. The van der Waals surface area contributed by atoms with Crippen LogP contribution in [-0.2, 0) is 22.0 Å². The summed E-state index contributed by atoms with van der Waals surface area (Å²) in [4.78, 5) is 26.7. The van der Waals surface area contributed by atoms with Crippen molar-refractivity contribution in [3.8, 4) is 5.75 Å². The molecule has 7 heteroatoms. The number of hydrogen-bond acceptors (Lipinski definition) is 5. The van der Waals surface area contributed by atoms with Gasteiger partial charge >= 0.3 is 5.97 Å². The predicted octanol–water partition coefficient (Wildman–Crippen LogP) is 7.50. The number of hydrogen-bond donors (Lipinski definition) is 0. The summed E-state index contributed by atoms with van der Waals surface area (Å²) in [5, 5.41) is 0.550. The first-order chi connectivity index (χ1) is 18.7. The lowest BCUT2D eigenvalue weighted by Crippen LogP contribution is -2.42. The number of ether oxygens (including phenoxy) is 2. The van der Waals surface area contributed by atoms with Gasteiger partial charge in [-0.3, -0.25) is 4.79 Å². The summed E-state index contributed by atoms with van der Waals surface area (Å²) in [7, 11) is -0.378. The molecule has 6 nitrogen and oxygen atoms in total. The Labute approximate surface area is 240 Å². The first kappa shape index (κ1) is 31.6. The molecule has 1 aromatic heterocycles. The van der Waals surface area contributed by atoms with Gasteiger partial charge in [0.2, 0.25) is 5.43 Å². The van der Waals surface area contributed by atoms with Crippen LogP contribution in [-0.4, -0.2) is 39.2 Å². The molecule has 1 atom stereocenters. The molecule has 0 spiro atoms. The molecule has 0 unspecified atom stereocenters. The number of esters is 1. The summed E-state index contributed by atoms with van der Waals surface area (Å²) in [5.74, 6) is 0.301. The van der Waals surface area contributed by atoms with Crippen LogP contribution in [0.1, 0.15) is 74.6 Å². The summed E-state index contributed by atoms with van der Waals surface area (Å²) in [5.41, 5.74) is 3.81. The van der Waals surface area contributed by atoms with E-state index in [1.807, 2.05) is 16.7 Å². The topological polar surface area (TPSA) is 66.8 Å². The lowest BCUT2D eigenvalue weighted by Gasteiger charge is -2.38. The first-order valence-electron chi connectivity index (χ1n) is 14.3. The van der Waals surface area contributed by atoms with Crippen LogP contribution in [0, 0.1) is 12.8 Å². The average Bonchev–Trinajstić information content (AvgIpc) is 2.88. The van der Waals surface area contributed by atoms with Crippen molar-refractivity contribution in [1.82, 2.24) is 4.57 Å². The van der Waals surface area contributed by atoms with Crippen LogP contribution < -0.4 is 10.2 Å². The Morgan fingerprint density at radius 1 is 1.05 bits per heavy atom. The number of benzene rings is 2. The van der Waals surface area contributed by atoms with Gasteiger partial charge in [-0.05, 0) is 67.9 Å². The highest BCUT2D eigenvalue weighted by atomic mass is 28.4. The van der Waals surface area contributed by atoms with E-state index in [-0.39, 0.29) is 34.6 Å². The van der Waals surface area contributed by atoms with Gasteiger partial charge in [-0.15, -0.1) is 0 Å². The fourth-order valence-corrected chi connectivity index (χ4v) is 5.59. The van der Waals surface area contributed by atoms with Gasteiger partial charge in [-0.2, -0.15) is 0 Å². The van der Waals surface area contributed by atoms with Gasteiger partial charge in [0, 0.05) is 17.6 Å². The van der Waals surface area contributed by atoms with E-state index in [2.05, 4.69) is 78.9 Å². The minimum absolute atomic E-state index is 0.0435. The Bertz CT molecular complexity index is 1380. The second-order valence-electron chi connectivity index (χ2n) is 12.5. The zero-order valence-corrected chi connectivity index (χ0v) is 27.0. The second-order valence-corrected chi connectivity index (χ2v) is 17.4. The van der Waals surface area contributed by atoms with E-state index in [1.165, 1.54) is 11.1 Å². The molecule has 3 rings (SSSR count). The average molecular weight is 566 g/mol. The van der Waals surface area contributed by atoms with Crippen LogP contribution in [0.5, 0.6) is 5.75 Å². The molecule has 0 bridgehead atoms. The summed E-state index contributed by atoms with van der Waals surface area (Å²) < 4.78 is 19.8. The van der Waals surface area contributed by atoms with Crippen molar-refractivity contribution in [2.24, 2.45) is 5.92 Å². The summed E-state index contributed by atoms with van der Waals surface area (Å²) in [6, 6.07) is 12.2. The zero-order valence-electron chi connectivity index (χ0n) is 26.0. The van der Waals surface area contributed by atoms with Crippen molar-refractivity contribution in [2.75, 3.05) is 20.3 Å². The molecular weight excluding hydrogens is 518 g/mol. The molecule has 0 aliphatic carbocycles. The maximum absolute atomic E-state index is 13.7. The maximum Gasteiger partial charge on any atom is 0.343 e. The summed E-state index contributed by atoms with van der Waals surface area (Å²) in [6.45, 7) is 19.9. The molecule has 0 saturated carbocycles. The zero-order chi connectivity index (χ0) is 29.8. The van der Waals surface area contributed by atoms with Gasteiger partial charge < -0.3 is 18.5 Å². The Morgan fingerprint density at radius 3 is 2.25 bits per heavy atom. The van der Waals surface area contributed by atoms with Crippen molar-refractivity contribution in [1.29, 1.82) is 0 Å². The SMILES string of the molecule is CCOC(=O)c1cn([C@H](CO[Si](C)(C)C(C)(C)C)C(C)C)c2cc(OC)c(CCc3ccc(C)cc3)cc2c1=O. The third kappa shape index (κ3) is 7.05. The molecule has 0 radical (unpaired) electrons. The molecular formula is C33H47NO5Si. The Hall–Kier alpha value is -2.90. The Morgan fingerprint density at radius 2 is 1.70 bits per heavy atom. The van der Waals surface area contributed by atoms with Crippen LogP contribution >= 0.6 is 0 Å². The number of rotatable bonds is 11. The normalized spacial score (nSPS) is 13.1. The van der Waals surface area contributed by atoms with E-state index in [4.69, 9.17) is 13.9 Å². The van der Waals surface area contributed by atoms with Crippen molar-refractivity contribution in [3.05, 3.63) is 75.1 Å². The first-order valence-corrected chi connectivity index (χ1v) is 17.2. The molecule has 3 aromatic rings. The van der Waals surface area contributed by atoms with E-state index in [0.29, 0.717) is 18.4 Å². The lowest BCUT2D eigenvalue weighted by atomic mass is 9.98. The van der Waals surface area contributed by atoms with Crippen LogP contribution in [0.4, 0.5) is 0 Å². The van der Waals surface area contributed by atoms with E-state index in [0.717, 1.165) is 23.3 Å². The molecule has 0 aliphatic rings. The highest BCUT2D eigenvalue weighted by molar-refractivity contribution is 6.74. The van der Waals surface area contributed by atoms with E-state index in [1.54, 1.807) is 20.2 Å². The van der Waals surface area contributed by atoms with Crippen molar-refractivity contribution in [3.63, 3.8) is 0 Å². The van der Waals surface area contributed by atoms with Gasteiger partial charge in [0.25, 0.3) is 0 Å². The number of carbonyl (C=O) groups excluding carboxylic acids is 1. The monoisotopic (exact) mass is 565 g/mol. The van der Waals surface area contributed by atoms with Crippen LogP contribution in [0.15, 0.2) is 47.4 Å². The molecule has 0 saturated heterocycles. The van der Waals surface area contributed by atoms with E-state index >= 15 is 0 Å². The summed E-state index contributed by atoms with van der Waals surface area (Å²) in [6.07, 6.45) is 3.17. The minimum Gasteiger partial charge on any atom is -0.496 e. The number of aromatic nitrogens is 1. The van der Waals surface area contributed by atoms with Crippen LogP contribution in [0.25, 0.3) is 10.9 Å². The number of nitrogens with zero attached hydrogens (tertiary/aromatic N) is 1. The number of aryl methyl sites for hydroxylation is 3. The van der Waals surface area contributed by atoms with Gasteiger partial charge in [0.05, 0.1) is 31.9 Å². The summed E-state index contributed by atoms with van der Waals surface area (Å²) >= 11 is 0.